The minimum atomic E-state index is -1.35. The second kappa shape index (κ2) is 4.24. The van der Waals surface area contributed by atoms with E-state index in [1.807, 2.05) is 0 Å². The summed E-state index contributed by atoms with van der Waals surface area (Å²) < 4.78 is 11.4. The molecule has 1 aromatic rings. The van der Waals surface area contributed by atoms with Crippen molar-refractivity contribution in [2.75, 3.05) is 13.7 Å². The molecule has 3 aliphatic heterocycles. The molecule has 22 heavy (non-hydrogen) atoms. The summed E-state index contributed by atoms with van der Waals surface area (Å²) in [5, 5.41) is 0. The van der Waals surface area contributed by atoms with Crippen LogP contribution in [0.4, 0.5) is 0 Å². The molecular formula is C16H15NO5. The van der Waals surface area contributed by atoms with Crippen molar-refractivity contribution in [3.63, 3.8) is 0 Å². The predicted molar refractivity (Wildman–Crippen MR) is 73.7 cm³/mol. The van der Waals surface area contributed by atoms with Crippen molar-refractivity contribution >= 4 is 17.6 Å². The summed E-state index contributed by atoms with van der Waals surface area (Å²) in [6, 6.07) is 6.93. The quantitative estimate of drug-likeness (QED) is 0.752. The Morgan fingerprint density at radius 1 is 1.23 bits per heavy atom. The lowest BCUT2D eigenvalue weighted by Crippen LogP contribution is -2.46. The summed E-state index contributed by atoms with van der Waals surface area (Å²) >= 11 is 0. The molecule has 6 heteroatoms. The Bertz CT molecular complexity index is 714. The van der Waals surface area contributed by atoms with E-state index in [1.165, 1.54) is 12.0 Å². The molecule has 0 aromatic heterocycles. The van der Waals surface area contributed by atoms with Crippen LogP contribution in [0.1, 0.15) is 22.8 Å². The third-order valence-electron chi connectivity index (χ3n) is 4.93. The van der Waals surface area contributed by atoms with Gasteiger partial charge in [-0.3, -0.25) is 19.3 Å². The lowest BCUT2D eigenvalue weighted by molar-refractivity contribution is -0.237. The summed E-state index contributed by atoms with van der Waals surface area (Å²) in [6.07, 6.45) is -0.951. The Balaban J connectivity index is 1.97. The molecule has 6 nitrogen and oxygen atoms in total. The largest absolute Gasteiger partial charge is 0.349 e. The van der Waals surface area contributed by atoms with Crippen LogP contribution in [0, 0.1) is 11.8 Å². The van der Waals surface area contributed by atoms with Crippen LogP contribution in [0.25, 0.3) is 0 Å². The van der Waals surface area contributed by atoms with E-state index < -0.39 is 23.7 Å². The molecule has 0 N–H and O–H groups in total. The lowest BCUT2D eigenvalue weighted by atomic mass is 9.86. The summed E-state index contributed by atoms with van der Waals surface area (Å²) in [5.74, 6) is -3.88. The number of carbonyl (C=O) groups is 3. The van der Waals surface area contributed by atoms with Gasteiger partial charge in [-0.25, -0.2) is 0 Å². The molecule has 0 spiro atoms. The number of likely N-dealkylation sites (tertiary alicyclic amines) is 1. The number of nitrogens with zero attached hydrogens (tertiary/aromatic N) is 1. The fourth-order valence-corrected chi connectivity index (χ4v) is 3.99. The molecular weight excluding hydrogens is 286 g/mol. The topological polar surface area (TPSA) is 72.9 Å². The van der Waals surface area contributed by atoms with Crippen LogP contribution in [0.2, 0.25) is 0 Å². The van der Waals surface area contributed by atoms with Gasteiger partial charge in [-0.2, -0.15) is 0 Å². The number of methoxy groups -OCH3 is 1. The molecule has 114 valence electrons. The first-order valence-electron chi connectivity index (χ1n) is 7.28. The van der Waals surface area contributed by atoms with Gasteiger partial charge in [0, 0.05) is 24.8 Å². The molecule has 0 saturated carbocycles. The fourth-order valence-electron chi connectivity index (χ4n) is 3.99. The molecule has 0 radical (unpaired) electrons. The molecule has 0 aliphatic carbocycles. The Hall–Kier alpha value is -2.05. The number of benzene rings is 1. The number of ether oxygens (including phenoxy) is 2. The van der Waals surface area contributed by atoms with Crippen molar-refractivity contribution in [1.29, 1.82) is 0 Å². The molecule has 1 aromatic carbocycles. The third kappa shape index (κ3) is 1.30. The summed E-state index contributed by atoms with van der Waals surface area (Å²) in [7, 11) is 1.44. The van der Waals surface area contributed by atoms with Gasteiger partial charge in [0.25, 0.3) is 0 Å². The Kier molecular flexibility index (Phi) is 2.62. The number of ketones is 1. The first-order valence-corrected chi connectivity index (χ1v) is 7.28. The molecule has 4 rings (SSSR count). The third-order valence-corrected chi connectivity index (χ3v) is 4.93. The maximum absolute atomic E-state index is 12.7. The Labute approximate surface area is 127 Å². The van der Waals surface area contributed by atoms with Crippen LogP contribution in [-0.4, -0.2) is 42.3 Å². The molecule has 2 saturated heterocycles. The number of carbonyl (C=O) groups excluding carboxylic acids is 3. The number of Topliss-reactive ketones (excluding diaryl/α,β-unsaturated/α-hetero) is 1. The SMILES string of the molecule is CCN1C(=O)[C@H]2[C@H]3O[C@](OC)(c4ccccc4C3=O)[C@H]2C1=O. The van der Waals surface area contributed by atoms with E-state index >= 15 is 0 Å². The average molecular weight is 301 g/mol. The molecule has 3 aliphatic rings. The zero-order valence-corrected chi connectivity index (χ0v) is 12.2. The standard InChI is InChI=1S/C16H15NO5/c1-3-17-14(19)10-11(15(17)20)16(21-2)9-7-5-4-6-8(9)12(18)13(10)22-16/h4-7,10-11,13H,3H2,1-2H3/t10-,11-,13-,16-/m1/s1. The number of hydrogen-bond donors (Lipinski definition) is 0. The zero-order chi connectivity index (χ0) is 15.6. The van der Waals surface area contributed by atoms with Gasteiger partial charge >= 0.3 is 0 Å². The predicted octanol–water partition coefficient (Wildman–Crippen LogP) is 0.702. The second-order valence-corrected chi connectivity index (χ2v) is 5.74. The summed E-state index contributed by atoms with van der Waals surface area (Å²) in [6.45, 7) is 2.02. The van der Waals surface area contributed by atoms with E-state index in [-0.39, 0.29) is 24.1 Å². The van der Waals surface area contributed by atoms with Gasteiger partial charge < -0.3 is 9.47 Å². The number of fused-ring (bicyclic) bond motifs is 7. The van der Waals surface area contributed by atoms with Crippen molar-refractivity contribution in [2.45, 2.75) is 18.8 Å². The van der Waals surface area contributed by atoms with E-state index in [2.05, 4.69) is 0 Å². The zero-order valence-electron chi connectivity index (χ0n) is 12.2. The van der Waals surface area contributed by atoms with E-state index in [1.54, 1.807) is 31.2 Å². The first kappa shape index (κ1) is 13.6. The monoisotopic (exact) mass is 301 g/mol. The lowest BCUT2D eigenvalue weighted by Gasteiger charge is -2.36. The second-order valence-electron chi connectivity index (χ2n) is 5.74. The van der Waals surface area contributed by atoms with E-state index in [9.17, 15) is 14.4 Å². The van der Waals surface area contributed by atoms with Gasteiger partial charge in [0.2, 0.25) is 17.6 Å². The van der Waals surface area contributed by atoms with E-state index in [0.29, 0.717) is 11.1 Å². The van der Waals surface area contributed by atoms with Crippen LogP contribution in [0.15, 0.2) is 24.3 Å². The van der Waals surface area contributed by atoms with Crippen molar-refractivity contribution in [2.24, 2.45) is 11.8 Å². The van der Waals surface area contributed by atoms with Crippen LogP contribution in [-0.2, 0) is 24.8 Å². The van der Waals surface area contributed by atoms with E-state index in [4.69, 9.17) is 9.47 Å². The van der Waals surface area contributed by atoms with Crippen LogP contribution < -0.4 is 0 Å². The summed E-state index contributed by atoms with van der Waals surface area (Å²) in [5.41, 5.74) is 1.00. The van der Waals surface area contributed by atoms with Gasteiger partial charge in [0.15, 0.2) is 5.78 Å². The van der Waals surface area contributed by atoms with Gasteiger partial charge in [-0.1, -0.05) is 24.3 Å². The smallest absolute Gasteiger partial charge is 0.239 e. The highest BCUT2D eigenvalue weighted by molar-refractivity contribution is 6.13. The minimum Gasteiger partial charge on any atom is -0.349 e. The van der Waals surface area contributed by atoms with Crippen molar-refractivity contribution in [3.05, 3.63) is 35.4 Å². The highest BCUT2D eigenvalue weighted by atomic mass is 16.7. The Morgan fingerprint density at radius 2 is 1.95 bits per heavy atom. The highest BCUT2D eigenvalue weighted by Crippen LogP contribution is 2.56. The molecule has 3 heterocycles. The van der Waals surface area contributed by atoms with Gasteiger partial charge in [0.05, 0.1) is 5.92 Å². The Morgan fingerprint density at radius 3 is 2.64 bits per heavy atom. The van der Waals surface area contributed by atoms with E-state index in [0.717, 1.165) is 0 Å². The van der Waals surface area contributed by atoms with Gasteiger partial charge in [0.1, 0.15) is 12.0 Å². The van der Waals surface area contributed by atoms with Crippen LogP contribution >= 0.6 is 0 Å². The minimum absolute atomic E-state index is 0.255. The number of hydrogen-bond acceptors (Lipinski definition) is 5. The van der Waals surface area contributed by atoms with Crippen molar-refractivity contribution in [1.82, 2.24) is 4.90 Å². The normalized spacial score (nSPS) is 35.8. The molecule has 0 unspecified atom stereocenters. The molecule has 2 fully saturated rings. The molecule has 2 bridgehead atoms. The first-order chi connectivity index (χ1) is 10.6. The fraction of sp³-hybridized carbons (Fsp3) is 0.438. The molecule has 2 amide bonds. The van der Waals surface area contributed by atoms with Crippen LogP contribution in [0.3, 0.4) is 0 Å². The van der Waals surface area contributed by atoms with Crippen LogP contribution in [0.5, 0.6) is 0 Å². The van der Waals surface area contributed by atoms with Gasteiger partial charge in [-0.05, 0) is 6.92 Å². The number of amides is 2. The average Bonchev–Trinajstić information content (AvgIpc) is 2.99. The maximum atomic E-state index is 12.7. The van der Waals surface area contributed by atoms with Gasteiger partial charge in [-0.15, -0.1) is 0 Å². The number of imide groups is 1. The highest BCUT2D eigenvalue weighted by Gasteiger charge is 2.71. The maximum Gasteiger partial charge on any atom is 0.239 e. The number of rotatable bonds is 2. The summed E-state index contributed by atoms with van der Waals surface area (Å²) in [4.78, 5) is 39.1. The van der Waals surface area contributed by atoms with Crippen molar-refractivity contribution < 1.29 is 23.9 Å². The van der Waals surface area contributed by atoms with Crippen molar-refractivity contribution in [3.8, 4) is 0 Å². The molecule has 4 atom stereocenters.